The van der Waals surface area contributed by atoms with Gasteiger partial charge in [0.1, 0.15) is 11.6 Å². The number of hydrogen-bond acceptors (Lipinski definition) is 8. The molecule has 8 bridgehead atoms. The van der Waals surface area contributed by atoms with Gasteiger partial charge in [0, 0.05) is 63.5 Å². The molecule has 0 N–H and O–H groups in total. The molecule has 8 nitrogen and oxygen atoms in total. The van der Waals surface area contributed by atoms with Crippen molar-refractivity contribution in [1.82, 2.24) is 9.80 Å². The lowest BCUT2D eigenvalue weighted by Gasteiger charge is -2.22. The molecule has 222 valence electrons. The van der Waals surface area contributed by atoms with Crippen molar-refractivity contribution in [1.29, 1.82) is 0 Å². The summed E-state index contributed by atoms with van der Waals surface area (Å²) < 4.78 is 0. The molecule has 3 aromatic rings. The Kier molecular flexibility index (Phi) is 11.0. The second-order valence-electron chi connectivity index (χ2n) is 10.5. The summed E-state index contributed by atoms with van der Waals surface area (Å²) >= 11 is 0. The summed E-state index contributed by atoms with van der Waals surface area (Å²) in [4.78, 5) is 32.3. The van der Waals surface area contributed by atoms with E-state index in [1.54, 1.807) is 12.4 Å². The van der Waals surface area contributed by atoms with Crippen LogP contribution in [0, 0.1) is 0 Å². The minimum Gasteiger partial charge on any atom is -0.310 e. The highest BCUT2D eigenvalue weighted by Gasteiger charge is 2.10. The SMILES string of the molecule is C=C1/N=C/c2ccc(cc2)/C=N/CCN2CC/N=C/c3ccc(cc3)/C=N/CCN1C(=C)/N=C/c1ccc(cc1)/C=N/CC2. The number of nitrogens with zero attached hydrogens (tertiary/aromatic N) is 8. The van der Waals surface area contributed by atoms with Gasteiger partial charge in [-0.1, -0.05) is 86.0 Å². The molecular formula is C36H38N8. The van der Waals surface area contributed by atoms with Crippen LogP contribution in [0.3, 0.4) is 0 Å². The quantitative estimate of drug-likeness (QED) is 0.366. The van der Waals surface area contributed by atoms with E-state index < -0.39 is 0 Å². The summed E-state index contributed by atoms with van der Waals surface area (Å²) in [7, 11) is 0. The molecule has 15 rings (SSSR count). The van der Waals surface area contributed by atoms with Crippen LogP contribution >= 0.6 is 0 Å². The van der Waals surface area contributed by atoms with Crippen molar-refractivity contribution >= 4 is 37.3 Å². The maximum absolute atomic E-state index is 4.70. The van der Waals surface area contributed by atoms with Crippen LogP contribution in [0.5, 0.6) is 0 Å². The first-order chi connectivity index (χ1) is 21.6. The maximum Gasteiger partial charge on any atom is 0.126 e. The molecule has 0 atom stereocenters. The van der Waals surface area contributed by atoms with Crippen LogP contribution in [-0.4, -0.2) is 99.4 Å². The van der Waals surface area contributed by atoms with Gasteiger partial charge in [-0.05, 0) is 33.4 Å². The van der Waals surface area contributed by atoms with Crippen LogP contribution in [0.2, 0.25) is 0 Å². The van der Waals surface area contributed by atoms with Crippen molar-refractivity contribution in [2.45, 2.75) is 0 Å². The number of benzene rings is 3. The molecule has 12 aliphatic rings. The summed E-state index contributed by atoms with van der Waals surface area (Å²) in [6, 6.07) is 24.5. The van der Waals surface area contributed by atoms with Crippen LogP contribution in [-0.2, 0) is 0 Å². The third-order valence-corrected chi connectivity index (χ3v) is 7.21. The highest BCUT2D eigenvalue weighted by Crippen LogP contribution is 2.14. The molecule has 0 radical (unpaired) electrons. The van der Waals surface area contributed by atoms with Gasteiger partial charge in [-0.3, -0.25) is 24.9 Å². The predicted molar refractivity (Wildman–Crippen MR) is 186 cm³/mol. The lowest BCUT2D eigenvalue weighted by atomic mass is 10.1. The van der Waals surface area contributed by atoms with Gasteiger partial charge in [0.05, 0.1) is 26.2 Å². The first kappa shape index (κ1) is 30.4. The first-order valence-electron chi connectivity index (χ1n) is 14.9. The molecule has 0 unspecified atom stereocenters. The van der Waals surface area contributed by atoms with E-state index >= 15 is 0 Å². The van der Waals surface area contributed by atoms with E-state index in [1.165, 1.54) is 0 Å². The summed E-state index contributed by atoms with van der Waals surface area (Å²) in [5.41, 5.74) is 6.10. The van der Waals surface area contributed by atoms with Gasteiger partial charge in [-0.15, -0.1) is 0 Å². The Balaban J connectivity index is 1.49. The molecule has 12 heterocycles. The van der Waals surface area contributed by atoms with Crippen molar-refractivity contribution in [3.63, 3.8) is 0 Å². The number of hydrogen-bond donors (Lipinski definition) is 0. The molecule has 0 saturated carbocycles. The van der Waals surface area contributed by atoms with E-state index in [1.807, 2.05) is 78.3 Å². The molecule has 8 heteroatoms. The average Bonchev–Trinajstić information content (AvgIpc) is 3.05. The molecule has 0 spiro atoms. The molecule has 0 saturated heterocycles. The molecule has 3 aromatic carbocycles. The Hall–Kier alpha value is -5.08. The van der Waals surface area contributed by atoms with Gasteiger partial charge >= 0.3 is 0 Å². The number of rotatable bonds is 0. The lowest BCUT2D eigenvalue weighted by Crippen LogP contribution is -2.31. The minimum absolute atomic E-state index is 0.519. The van der Waals surface area contributed by atoms with Crippen molar-refractivity contribution in [3.05, 3.63) is 131 Å². The van der Waals surface area contributed by atoms with Crippen molar-refractivity contribution in [2.24, 2.45) is 30.0 Å². The van der Waals surface area contributed by atoms with Crippen molar-refractivity contribution in [3.8, 4) is 0 Å². The van der Waals surface area contributed by atoms with Gasteiger partial charge in [-0.2, -0.15) is 0 Å². The van der Waals surface area contributed by atoms with Gasteiger partial charge in [0.2, 0.25) is 0 Å². The van der Waals surface area contributed by atoms with Crippen LogP contribution in [0.1, 0.15) is 33.4 Å². The third kappa shape index (κ3) is 9.47. The fourth-order valence-electron chi connectivity index (χ4n) is 4.62. The van der Waals surface area contributed by atoms with Crippen molar-refractivity contribution in [2.75, 3.05) is 52.4 Å². The van der Waals surface area contributed by atoms with Gasteiger partial charge in [-0.25, -0.2) is 9.98 Å². The summed E-state index contributed by atoms with van der Waals surface area (Å²) in [6.07, 6.45) is 11.3. The summed E-state index contributed by atoms with van der Waals surface area (Å²) in [5, 5.41) is 0. The van der Waals surface area contributed by atoms with E-state index in [2.05, 4.69) is 57.3 Å². The third-order valence-electron chi connectivity index (χ3n) is 7.21. The monoisotopic (exact) mass is 582 g/mol. The average molecular weight is 583 g/mol. The standard InChI is InChI=1S/C36H38N8/c1-29-41-27-35-11-7-33(8-12-35)24-38-16-20-43-19-15-37-23-31-3-5-32(6-4-31)26-40-18-22-44(29)30(2)42-28-36-13-9-34(10-14-36)25-39-17-21-43/h3-14,23-28H,1-2,15-22H2/b37-23+,38-24+,39-25+,40-26+,41-27+,42-28+. The fourth-order valence-corrected chi connectivity index (χ4v) is 4.62. The zero-order valence-corrected chi connectivity index (χ0v) is 25.0. The lowest BCUT2D eigenvalue weighted by molar-refractivity contribution is 0.298. The zero-order chi connectivity index (χ0) is 30.4. The molecule has 0 fully saturated rings. The minimum atomic E-state index is 0.519. The van der Waals surface area contributed by atoms with E-state index in [-0.39, 0.29) is 0 Å². The summed E-state index contributed by atoms with van der Waals surface area (Å²) in [5.74, 6) is 1.07. The largest absolute Gasteiger partial charge is 0.310 e. The Labute approximate surface area is 260 Å². The van der Waals surface area contributed by atoms with Crippen LogP contribution in [0.25, 0.3) is 0 Å². The Morgan fingerprint density at radius 2 is 0.659 bits per heavy atom. The van der Waals surface area contributed by atoms with Crippen LogP contribution in [0.15, 0.2) is 128 Å². The van der Waals surface area contributed by atoms with E-state index in [9.17, 15) is 0 Å². The topological polar surface area (TPSA) is 80.6 Å². The van der Waals surface area contributed by atoms with E-state index in [0.29, 0.717) is 44.4 Å². The van der Waals surface area contributed by atoms with Gasteiger partial charge in [0.25, 0.3) is 0 Å². The molecule has 12 aliphatic heterocycles. The van der Waals surface area contributed by atoms with E-state index in [0.717, 1.165) is 53.0 Å². The first-order valence-corrected chi connectivity index (χ1v) is 14.9. The maximum atomic E-state index is 4.70. The molecule has 44 heavy (non-hydrogen) atoms. The fraction of sp³-hybridized carbons (Fsp3) is 0.222. The Morgan fingerprint density at radius 3 is 0.977 bits per heavy atom. The van der Waals surface area contributed by atoms with Gasteiger partial charge < -0.3 is 4.90 Å². The van der Waals surface area contributed by atoms with Gasteiger partial charge in [0.15, 0.2) is 0 Å². The van der Waals surface area contributed by atoms with E-state index in [4.69, 9.17) is 15.0 Å². The number of aliphatic imine (C=N–C) groups is 6. The second kappa shape index (κ2) is 16.0. The Bertz CT molecular complexity index is 1490. The normalized spacial score (nSPS) is 21.5. The summed E-state index contributed by atoms with van der Waals surface area (Å²) in [6.45, 7) is 14.1. The predicted octanol–water partition coefficient (Wildman–Crippen LogP) is 5.17. The molecule has 0 aromatic heterocycles. The second-order valence-corrected chi connectivity index (χ2v) is 10.5. The highest BCUT2D eigenvalue weighted by molar-refractivity contribution is 5.86. The zero-order valence-electron chi connectivity index (χ0n) is 25.0. The highest BCUT2D eigenvalue weighted by atomic mass is 15.3. The van der Waals surface area contributed by atoms with Crippen molar-refractivity contribution < 1.29 is 0 Å². The Morgan fingerprint density at radius 1 is 0.386 bits per heavy atom. The molecular weight excluding hydrogens is 544 g/mol. The van der Waals surface area contributed by atoms with Crippen LogP contribution < -0.4 is 0 Å². The molecule has 0 amide bonds. The van der Waals surface area contributed by atoms with Crippen LogP contribution in [0.4, 0.5) is 0 Å². The molecule has 0 aliphatic carbocycles. The smallest absolute Gasteiger partial charge is 0.126 e.